The normalized spacial score (nSPS) is 22.1. The fourth-order valence-corrected chi connectivity index (χ4v) is 4.04. The Morgan fingerprint density at radius 3 is 2.66 bits per heavy atom. The molecule has 3 N–H and O–H groups in total. The highest BCUT2D eigenvalue weighted by Gasteiger charge is 2.39. The average Bonchev–Trinajstić information content (AvgIpc) is 3.32. The van der Waals surface area contributed by atoms with E-state index in [2.05, 4.69) is 64.6 Å². The largest absolute Gasteiger partial charge is 0.473 e. The molecule has 29 heavy (non-hydrogen) atoms. The molecule has 1 aromatic carbocycles. The van der Waals surface area contributed by atoms with Crippen LogP contribution in [-0.4, -0.2) is 56.7 Å². The van der Waals surface area contributed by atoms with Gasteiger partial charge < -0.3 is 15.2 Å². The van der Waals surface area contributed by atoms with Gasteiger partial charge in [-0.05, 0) is 42.8 Å². The second-order valence-electron chi connectivity index (χ2n) is 7.37. The smallest absolute Gasteiger partial charge is 0.414 e. The predicted molar refractivity (Wildman–Crippen MR) is 109 cm³/mol. The molecule has 0 amide bonds. The van der Waals surface area contributed by atoms with E-state index in [-0.39, 0.29) is 5.41 Å². The zero-order valence-corrected chi connectivity index (χ0v) is 15.7. The molecule has 0 spiro atoms. The molecule has 5 rings (SSSR count). The number of H-pyrrole nitrogens is 1. The molecule has 7 heteroatoms. The van der Waals surface area contributed by atoms with Crippen molar-refractivity contribution in [2.24, 2.45) is 0 Å². The molecule has 4 heterocycles. The number of carboxylic acid groups (broad SMARTS) is 2. The first-order valence-corrected chi connectivity index (χ1v) is 9.37. The Kier molecular flexibility index (Phi) is 4.90. The summed E-state index contributed by atoms with van der Waals surface area (Å²) in [5, 5.41) is 16.0. The summed E-state index contributed by atoms with van der Waals surface area (Å²) in [5.41, 5.74) is 4.93. The third-order valence-corrected chi connectivity index (χ3v) is 5.55. The molecule has 0 radical (unpaired) electrons. The fraction of sp³-hybridized carbons (Fsp3) is 0.227. The SMILES string of the molecule is C1=CC2(c3ccc(-c4ccc5[nH]ccc5c4)nc3)CCN(C1)C2.O=C(O)C(=O)O. The predicted octanol–water partition coefficient (Wildman–Crippen LogP) is 2.90. The van der Waals surface area contributed by atoms with Crippen LogP contribution in [0.2, 0.25) is 0 Å². The average molecular weight is 391 g/mol. The van der Waals surface area contributed by atoms with E-state index in [0.717, 1.165) is 18.8 Å². The summed E-state index contributed by atoms with van der Waals surface area (Å²) in [6.45, 7) is 3.43. The van der Waals surface area contributed by atoms with E-state index in [1.54, 1.807) is 0 Å². The number of nitrogens with one attached hydrogen (secondary N) is 1. The van der Waals surface area contributed by atoms with Gasteiger partial charge in [-0.3, -0.25) is 9.88 Å². The van der Waals surface area contributed by atoms with Crippen molar-refractivity contribution >= 4 is 22.8 Å². The van der Waals surface area contributed by atoms with Crippen molar-refractivity contribution < 1.29 is 19.8 Å². The van der Waals surface area contributed by atoms with E-state index in [4.69, 9.17) is 24.8 Å². The number of rotatable bonds is 2. The van der Waals surface area contributed by atoms with Gasteiger partial charge in [0.2, 0.25) is 0 Å². The molecule has 1 fully saturated rings. The number of fused-ring (bicyclic) bond motifs is 3. The second kappa shape index (κ2) is 7.52. The summed E-state index contributed by atoms with van der Waals surface area (Å²) in [4.78, 5) is 28.7. The van der Waals surface area contributed by atoms with Gasteiger partial charge in [-0.25, -0.2) is 9.59 Å². The maximum atomic E-state index is 9.10. The van der Waals surface area contributed by atoms with Crippen molar-refractivity contribution in [3.05, 3.63) is 66.5 Å². The lowest BCUT2D eigenvalue weighted by atomic mass is 9.79. The third-order valence-electron chi connectivity index (χ3n) is 5.55. The van der Waals surface area contributed by atoms with Gasteiger partial charge in [0.15, 0.2) is 0 Å². The van der Waals surface area contributed by atoms with Gasteiger partial charge in [-0.15, -0.1) is 0 Å². The molecule has 148 valence electrons. The number of hydrogen-bond donors (Lipinski definition) is 3. The van der Waals surface area contributed by atoms with E-state index >= 15 is 0 Å². The van der Waals surface area contributed by atoms with E-state index < -0.39 is 11.9 Å². The van der Waals surface area contributed by atoms with Crippen LogP contribution in [0.5, 0.6) is 0 Å². The summed E-state index contributed by atoms with van der Waals surface area (Å²) >= 11 is 0. The molecule has 2 atom stereocenters. The van der Waals surface area contributed by atoms with Gasteiger partial charge in [-0.1, -0.05) is 24.3 Å². The Labute approximate surface area is 167 Å². The van der Waals surface area contributed by atoms with Crippen molar-refractivity contribution in [1.29, 1.82) is 0 Å². The number of pyridine rings is 1. The van der Waals surface area contributed by atoms with Gasteiger partial charge in [0.25, 0.3) is 0 Å². The van der Waals surface area contributed by atoms with Crippen LogP contribution in [0, 0.1) is 0 Å². The molecule has 0 aliphatic carbocycles. The first kappa shape index (κ1) is 18.9. The first-order valence-electron chi connectivity index (χ1n) is 9.37. The number of carboxylic acids is 2. The van der Waals surface area contributed by atoms with Crippen molar-refractivity contribution in [2.75, 3.05) is 19.6 Å². The minimum absolute atomic E-state index is 0.189. The summed E-state index contributed by atoms with van der Waals surface area (Å²) in [6, 6.07) is 13.0. The van der Waals surface area contributed by atoms with Crippen LogP contribution in [0.3, 0.4) is 0 Å². The van der Waals surface area contributed by atoms with Crippen LogP contribution < -0.4 is 0 Å². The Bertz CT molecular complexity index is 1070. The molecule has 2 unspecified atom stereocenters. The van der Waals surface area contributed by atoms with E-state index in [1.165, 1.54) is 35.0 Å². The first-order chi connectivity index (χ1) is 14.0. The molecular weight excluding hydrogens is 370 g/mol. The lowest BCUT2D eigenvalue weighted by Gasteiger charge is -2.29. The van der Waals surface area contributed by atoms with Crippen molar-refractivity contribution in [2.45, 2.75) is 11.8 Å². The molecular formula is C22H21N3O4. The lowest BCUT2D eigenvalue weighted by molar-refractivity contribution is -0.159. The van der Waals surface area contributed by atoms with Crippen molar-refractivity contribution in [3.8, 4) is 11.3 Å². The number of aliphatic carboxylic acids is 2. The van der Waals surface area contributed by atoms with Crippen LogP contribution in [0.4, 0.5) is 0 Å². The zero-order valence-electron chi connectivity index (χ0n) is 15.7. The topological polar surface area (TPSA) is 107 Å². The molecule has 3 aromatic rings. The number of carbonyl (C=O) groups is 2. The monoisotopic (exact) mass is 391 g/mol. The number of benzene rings is 1. The van der Waals surface area contributed by atoms with Crippen LogP contribution in [0.1, 0.15) is 12.0 Å². The molecule has 2 bridgehead atoms. The highest BCUT2D eigenvalue weighted by atomic mass is 16.4. The van der Waals surface area contributed by atoms with E-state index in [1.807, 2.05) is 6.20 Å². The van der Waals surface area contributed by atoms with Gasteiger partial charge >= 0.3 is 11.9 Å². The molecule has 7 nitrogen and oxygen atoms in total. The summed E-state index contributed by atoms with van der Waals surface area (Å²) in [6.07, 6.45) is 9.98. The quantitative estimate of drug-likeness (QED) is 0.458. The van der Waals surface area contributed by atoms with Gasteiger partial charge in [0, 0.05) is 47.4 Å². The molecule has 1 saturated heterocycles. The minimum Gasteiger partial charge on any atom is -0.473 e. The number of hydrogen-bond acceptors (Lipinski definition) is 4. The highest BCUT2D eigenvalue weighted by Crippen LogP contribution is 2.38. The van der Waals surface area contributed by atoms with Gasteiger partial charge in [0.05, 0.1) is 5.69 Å². The van der Waals surface area contributed by atoms with Crippen molar-refractivity contribution in [1.82, 2.24) is 14.9 Å². The van der Waals surface area contributed by atoms with Crippen LogP contribution >= 0.6 is 0 Å². The highest BCUT2D eigenvalue weighted by molar-refractivity contribution is 6.27. The third kappa shape index (κ3) is 3.77. The van der Waals surface area contributed by atoms with Gasteiger partial charge in [0.1, 0.15) is 0 Å². The Morgan fingerprint density at radius 1 is 1.10 bits per heavy atom. The number of aromatic nitrogens is 2. The summed E-state index contributed by atoms with van der Waals surface area (Å²) in [5.74, 6) is -3.65. The van der Waals surface area contributed by atoms with Crippen LogP contribution in [0.25, 0.3) is 22.2 Å². The fourth-order valence-electron chi connectivity index (χ4n) is 4.04. The Balaban J connectivity index is 0.000000302. The number of nitrogens with zero attached hydrogens (tertiary/aromatic N) is 2. The Hall–Kier alpha value is -3.45. The summed E-state index contributed by atoms with van der Waals surface area (Å²) < 4.78 is 0. The van der Waals surface area contributed by atoms with Crippen LogP contribution in [-0.2, 0) is 15.0 Å². The Morgan fingerprint density at radius 2 is 1.93 bits per heavy atom. The molecule has 2 aliphatic rings. The summed E-state index contributed by atoms with van der Waals surface area (Å²) in [7, 11) is 0. The second-order valence-corrected chi connectivity index (χ2v) is 7.37. The zero-order chi connectivity index (χ0) is 20.4. The van der Waals surface area contributed by atoms with E-state index in [0.29, 0.717) is 0 Å². The maximum absolute atomic E-state index is 9.10. The van der Waals surface area contributed by atoms with Gasteiger partial charge in [-0.2, -0.15) is 0 Å². The van der Waals surface area contributed by atoms with Crippen molar-refractivity contribution in [3.63, 3.8) is 0 Å². The maximum Gasteiger partial charge on any atom is 0.414 e. The standard InChI is InChI=1S/C20H19N3.C2H2O4/c1-7-20(8-11-23(10-1)14-20)17-3-5-19(22-13-17)15-2-4-18-16(12-15)6-9-21-18;3-1(4)2(5)6/h1-7,9,12-13,21H,8,10-11,14H2;(H,3,4)(H,5,6). The molecule has 2 aliphatic heterocycles. The molecule has 2 aromatic heterocycles. The van der Waals surface area contributed by atoms with Crippen LogP contribution in [0.15, 0.2) is 60.9 Å². The molecule has 0 saturated carbocycles. The van der Waals surface area contributed by atoms with E-state index in [9.17, 15) is 0 Å². The lowest BCUT2D eigenvalue weighted by Crippen LogP contribution is -2.33. The number of aromatic amines is 1. The minimum atomic E-state index is -1.82.